The summed E-state index contributed by atoms with van der Waals surface area (Å²) in [6.45, 7) is 4.37. The van der Waals surface area contributed by atoms with Crippen LogP contribution in [-0.4, -0.2) is 56.7 Å². The van der Waals surface area contributed by atoms with Crippen LogP contribution in [0.25, 0.3) is 0 Å². The van der Waals surface area contributed by atoms with Crippen LogP contribution in [0.5, 0.6) is 0 Å². The van der Waals surface area contributed by atoms with Gasteiger partial charge >= 0.3 is 5.97 Å². The van der Waals surface area contributed by atoms with Crippen molar-refractivity contribution in [1.82, 2.24) is 9.62 Å². The van der Waals surface area contributed by atoms with Gasteiger partial charge in [-0.15, -0.1) is 0 Å². The van der Waals surface area contributed by atoms with Gasteiger partial charge in [0.15, 0.2) is 0 Å². The number of anilines is 1. The summed E-state index contributed by atoms with van der Waals surface area (Å²) in [5, 5.41) is 5.17. The van der Waals surface area contributed by atoms with Gasteiger partial charge in [-0.1, -0.05) is 6.07 Å². The van der Waals surface area contributed by atoms with E-state index >= 15 is 0 Å². The summed E-state index contributed by atoms with van der Waals surface area (Å²) in [6, 6.07) is 9.12. The molecule has 0 bridgehead atoms. The van der Waals surface area contributed by atoms with Crippen molar-refractivity contribution in [2.45, 2.75) is 31.8 Å². The van der Waals surface area contributed by atoms with E-state index in [1.54, 1.807) is 31.2 Å². The molecule has 1 aromatic heterocycles. The topological polar surface area (TPSA) is 135 Å². The second-order valence-corrected chi connectivity index (χ2v) is 9.32. The monoisotopic (exact) mass is 477 g/mol. The van der Waals surface area contributed by atoms with Crippen LogP contribution in [0.1, 0.15) is 47.6 Å². The molecule has 1 aromatic carbocycles. The van der Waals surface area contributed by atoms with E-state index in [0.717, 1.165) is 0 Å². The van der Waals surface area contributed by atoms with Crippen LogP contribution in [0, 0.1) is 5.92 Å². The maximum atomic E-state index is 12.8. The fraction of sp³-hybridized carbons (Fsp3) is 0.409. The molecule has 0 aliphatic carbocycles. The minimum atomic E-state index is -3.94. The number of esters is 1. The number of benzene rings is 1. The maximum absolute atomic E-state index is 12.8. The van der Waals surface area contributed by atoms with Crippen LogP contribution >= 0.6 is 0 Å². The number of nitrogens with one attached hydrogen (secondary N) is 2. The van der Waals surface area contributed by atoms with Gasteiger partial charge in [0.25, 0.3) is 15.9 Å². The quantitative estimate of drug-likeness (QED) is 0.557. The van der Waals surface area contributed by atoms with Crippen molar-refractivity contribution >= 4 is 33.5 Å². The lowest BCUT2D eigenvalue weighted by atomic mass is 9.97. The molecule has 10 nitrogen and oxygen atoms in total. The zero-order valence-corrected chi connectivity index (χ0v) is 19.3. The number of carbonyl (C=O) groups excluding carboxylic acids is 3. The van der Waals surface area contributed by atoms with Gasteiger partial charge in [-0.05, 0) is 57.0 Å². The Kier molecular flexibility index (Phi) is 7.88. The van der Waals surface area contributed by atoms with Gasteiger partial charge in [0, 0.05) is 36.8 Å². The highest BCUT2D eigenvalue weighted by atomic mass is 32.2. The third-order valence-electron chi connectivity index (χ3n) is 5.21. The molecule has 0 atom stereocenters. The van der Waals surface area contributed by atoms with E-state index in [1.807, 2.05) is 6.92 Å². The molecule has 3 rings (SSSR count). The summed E-state index contributed by atoms with van der Waals surface area (Å²) in [5.41, 5.74) is 0.942. The summed E-state index contributed by atoms with van der Waals surface area (Å²) >= 11 is 0. The number of hydrogen-bond acceptors (Lipinski definition) is 7. The average molecular weight is 478 g/mol. The molecule has 2 aromatic rings. The third-order valence-corrected chi connectivity index (χ3v) is 6.98. The SMILES string of the molecule is CCNC(=O)c1cccc(NC(=O)C2CCN(S(=O)(=O)c3ccc(C(=O)OCC)o3)CC2)c1. The summed E-state index contributed by atoms with van der Waals surface area (Å²) in [5.74, 6) is -1.75. The minimum Gasteiger partial charge on any atom is -0.460 e. The molecule has 1 aliphatic rings. The molecular weight excluding hydrogens is 450 g/mol. The summed E-state index contributed by atoms with van der Waals surface area (Å²) in [6.07, 6.45) is 0.652. The highest BCUT2D eigenvalue weighted by Crippen LogP contribution is 2.26. The molecule has 33 heavy (non-hydrogen) atoms. The van der Waals surface area contributed by atoms with Crippen LogP contribution in [0.2, 0.25) is 0 Å². The summed E-state index contributed by atoms with van der Waals surface area (Å²) in [4.78, 5) is 36.4. The van der Waals surface area contributed by atoms with Gasteiger partial charge in [-0.25, -0.2) is 13.2 Å². The lowest BCUT2D eigenvalue weighted by molar-refractivity contribution is -0.120. The highest BCUT2D eigenvalue weighted by molar-refractivity contribution is 7.89. The number of nitrogens with zero attached hydrogens (tertiary/aromatic N) is 1. The number of hydrogen-bond donors (Lipinski definition) is 2. The first-order valence-electron chi connectivity index (χ1n) is 10.7. The maximum Gasteiger partial charge on any atom is 0.374 e. The van der Waals surface area contributed by atoms with Crippen molar-refractivity contribution in [2.24, 2.45) is 5.92 Å². The second-order valence-electron chi connectivity index (χ2n) is 7.45. The molecule has 0 radical (unpaired) electrons. The molecule has 2 heterocycles. The Labute approximate surface area is 192 Å². The first kappa shape index (κ1) is 24.5. The Balaban J connectivity index is 1.59. The van der Waals surface area contributed by atoms with E-state index in [2.05, 4.69) is 10.6 Å². The van der Waals surface area contributed by atoms with Crippen LogP contribution in [-0.2, 0) is 19.6 Å². The average Bonchev–Trinajstić information content (AvgIpc) is 3.31. The molecule has 0 spiro atoms. The Morgan fingerprint density at radius 2 is 1.85 bits per heavy atom. The predicted molar refractivity (Wildman–Crippen MR) is 119 cm³/mol. The number of amides is 2. The van der Waals surface area contributed by atoms with E-state index in [1.165, 1.54) is 16.4 Å². The molecule has 1 aliphatic heterocycles. The number of piperidine rings is 1. The van der Waals surface area contributed by atoms with Gasteiger partial charge in [0.2, 0.25) is 16.8 Å². The standard InChI is InChI=1S/C22H27N3O7S/c1-3-23-20(26)16-6-5-7-17(14-16)24-21(27)15-10-12-25(13-11-15)33(29,30)19-9-8-18(32-19)22(28)31-4-2/h5-9,14-15H,3-4,10-13H2,1-2H3,(H,23,26)(H,24,27). The van der Waals surface area contributed by atoms with Crippen LogP contribution in [0.4, 0.5) is 5.69 Å². The molecule has 0 saturated carbocycles. The van der Waals surface area contributed by atoms with E-state index in [4.69, 9.17) is 9.15 Å². The van der Waals surface area contributed by atoms with Crippen molar-refractivity contribution in [3.63, 3.8) is 0 Å². The number of carbonyl (C=O) groups is 3. The van der Waals surface area contributed by atoms with E-state index in [9.17, 15) is 22.8 Å². The normalized spacial score (nSPS) is 15.1. The van der Waals surface area contributed by atoms with Crippen molar-refractivity contribution < 1.29 is 32.0 Å². The van der Waals surface area contributed by atoms with Gasteiger partial charge in [-0.3, -0.25) is 9.59 Å². The molecule has 1 saturated heterocycles. The zero-order valence-electron chi connectivity index (χ0n) is 18.5. The summed E-state index contributed by atoms with van der Waals surface area (Å²) in [7, 11) is -3.94. The fourth-order valence-corrected chi connectivity index (χ4v) is 4.88. The number of sulfonamides is 1. The molecule has 178 valence electrons. The largest absolute Gasteiger partial charge is 0.460 e. The Hall–Kier alpha value is -3.18. The smallest absolute Gasteiger partial charge is 0.374 e. The fourth-order valence-electron chi connectivity index (χ4n) is 3.50. The summed E-state index contributed by atoms with van der Waals surface area (Å²) < 4.78 is 36.9. The first-order valence-corrected chi connectivity index (χ1v) is 12.2. The number of furan rings is 1. The lowest BCUT2D eigenvalue weighted by Gasteiger charge is -2.29. The van der Waals surface area contributed by atoms with Crippen molar-refractivity contribution in [1.29, 1.82) is 0 Å². The molecule has 0 unspecified atom stereocenters. The van der Waals surface area contributed by atoms with Crippen LogP contribution in [0.15, 0.2) is 45.9 Å². The molecule has 11 heteroatoms. The van der Waals surface area contributed by atoms with E-state index in [0.29, 0.717) is 30.6 Å². The zero-order chi connectivity index (χ0) is 24.0. The van der Waals surface area contributed by atoms with Crippen molar-refractivity contribution in [3.8, 4) is 0 Å². The van der Waals surface area contributed by atoms with Crippen LogP contribution < -0.4 is 10.6 Å². The van der Waals surface area contributed by atoms with E-state index < -0.39 is 16.0 Å². The highest BCUT2D eigenvalue weighted by Gasteiger charge is 2.34. The van der Waals surface area contributed by atoms with Crippen molar-refractivity contribution in [3.05, 3.63) is 47.7 Å². The number of ether oxygens (including phenoxy) is 1. The Morgan fingerprint density at radius 1 is 1.12 bits per heavy atom. The molecule has 2 amide bonds. The first-order chi connectivity index (χ1) is 15.8. The molecule has 2 N–H and O–H groups in total. The number of rotatable bonds is 8. The third kappa shape index (κ3) is 5.79. The van der Waals surface area contributed by atoms with Gasteiger partial charge in [-0.2, -0.15) is 4.31 Å². The molecule has 1 fully saturated rings. The Morgan fingerprint density at radius 3 is 2.52 bits per heavy atom. The Bertz CT molecular complexity index is 1120. The minimum absolute atomic E-state index is 0.134. The second kappa shape index (κ2) is 10.6. The lowest BCUT2D eigenvalue weighted by Crippen LogP contribution is -2.41. The van der Waals surface area contributed by atoms with Crippen molar-refractivity contribution in [2.75, 3.05) is 31.6 Å². The van der Waals surface area contributed by atoms with Gasteiger partial charge in [0.05, 0.1) is 6.61 Å². The van der Waals surface area contributed by atoms with E-state index in [-0.39, 0.29) is 48.3 Å². The van der Waals surface area contributed by atoms with Crippen LogP contribution in [0.3, 0.4) is 0 Å². The molecular formula is C22H27N3O7S. The van der Waals surface area contributed by atoms with Gasteiger partial charge in [0.1, 0.15) is 0 Å². The van der Waals surface area contributed by atoms with Gasteiger partial charge < -0.3 is 19.8 Å². The predicted octanol–water partition coefficient (Wildman–Crippen LogP) is 2.25.